The quantitative estimate of drug-likeness (QED) is 0.879. The molecule has 2 rings (SSSR count). The molecule has 0 amide bonds. The molecule has 1 aromatic rings. The minimum absolute atomic E-state index is 0.454. The van der Waals surface area contributed by atoms with Crippen LogP contribution in [0.3, 0.4) is 0 Å². The molecule has 3 nitrogen and oxygen atoms in total. The molecular weight excluding hydrogens is 234 g/mol. The highest BCUT2D eigenvalue weighted by molar-refractivity contribution is 4.95. The standard InChI is InChI=1S/C16H29N3/c1-5-16(3,4)13-7-8-14(18-6-2)15(11-13)19-10-9-17-12-19/h9-10,12-15,18H,5-8,11H2,1-4H3. The van der Waals surface area contributed by atoms with Gasteiger partial charge in [-0.05, 0) is 37.1 Å². The summed E-state index contributed by atoms with van der Waals surface area (Å²) in [5, 5.41) is 3.66. The highest BCUT2D eigenvalue weighted by atomic mass is 15.1. The molecule has 0 aliphatic heterocycles. The van der Waals surface area contributed by atoms with Crippen molar-refractivity contribution in [3.8, 4) is 0 Å². The van der Waals surface area contributed by atoms with E-state index in [9.17, 15) is 0 Å². The van der Waals surface area contributed by atoms with Crippen LogP contribution in [0.1, 0.15) is 59.4 Å². The van der Waals surface area contributed by atoms with Crippen molar-refractivity contribution in [3.05, 3.63) is 18.7 Å². The molecule has 19 heavy (non-hydrogen) atoms. The molecular formula is C16H29N3. The van der Waals surface area contributed by atoms with Crippen LogP contribution < -0.4 is 5.32 Å². The minimum atomic E-state index is 0.454. The average Bonchev–Trinajstić information content (AvgIpc) is 2.93. The highest BCUT2D eigenvalue weighted by Crippen LogP contribution is 2.44. The van der Waals surface area contributed by atoms with Crippen LogP contribution in [-0.2, 0) is 0 Å². The third-order valence-electron chi connectivity index (χ3n) is 5.21. The maximum absolute atomic E-state index is 4.23. The lowest BCUT2D eigenvalue weighted by molar-refractivity contribution is 0.101. The van der Waals surface area contributed by atoms with Gasteiger partial charge in [0.05, 0.1) is 12.4 Å². The third-order valence-corrected chi connectivity index (χ3v) is 5.21. The van der Waals surface area contributed by atoms with Gasteiger partial charge in [-0.1, -0.05) is 34.1 Å². The van der Waals surface area contributed by atoms with E-state index < -0.39 is 0 Å². The van der Waals surface area contributed by atoms with Crippen molar-refractivity contribution in [2.24, 2.45) is 11.3 Å². The van der Waals surface area contributed by atoms with Crippen LogP contribution in [0.2, 0.25) is 0 Å². The topological polar surface area (TPSA) is 29.9 Å². The molecule has 1 saturated carbocycles. The molecule has 1 N–H and O–H groups in total. The van der Waals surface area contributed by atoms with Gasteiger partial charge < -0.3 is 9.88 Å². The monoisotopic (exact) mass is 263 g/mol. The molecule has 3 unspecified atom stereocenters. The van der Waals surface area contributed by atoms with Crippen LogP contribution in [0, 0.1) is 11.3 Å². The van der Waals surface area contributed by atoms with Gasteiger partial charge in [0.25, 0.3) is 0 Å². The normalized spacial score (nSPS) is 28.5. The lowest BCUT2D eigenvalue weighted by Crippen LogP contribution is -2.44. The molecule has 108 valence electrons. The van der Waals surface area contributed by atoms with Crippen molar-refractivity contribution in [2.45, 2.75) is 65.5 Å². The van der Waals surface area contributed by atoms with E-state index in [1.165, 1.54) is 25.7 Å². The molecule has 1 fully saturated rings. The van der Waals surface area contributed by atoms with Crippen LogP contribution in [0.15, 0.2) is 18.7 Å². The number of rotatable bonds is 5. The SMILES string of the molecule is CCNC1CCC(C(C)(C)CC)CC1n1ccnc1. The fourth-order valence-corrected chi connectivity index (χ4v) is 3.44. The number of hydrogen-bond donors (Lipinski definition) is 1. The van der Waals surface area contributed by atoms with E-state index in [1.54, 1.807) is 0 Å². The van der Waals surface area contributed by atoms with Crippen LogP contribution in [0.25, 0.3) is 0 Å². The van der Waals surface area contributed by atoms with Crippen molar-refractivity contribution < 1.29 is 0 Å². The number of aromatic nitrogens is 2. The Bertz CT molecular complexity index is 369. The molecule has 0 spiro atoms. The van der Waals surface area contributed by atoms with Crippen molar-refractivity contribution >= 4 is 0 Å². The first-order valence-corrected chi connectivity index (χ1v) is 7.79. The second kappa shape index (κ2) is 6.08. The van der Waals surface area contributed by atoms with E-state index in [2.05, 4.69) is 48.8 Å². The summed E-state index contributed by atoms with van der Waals surface area (Å²) in [6.07, 6.45) is 11.2. The van der Waals surface area contributed by atoms with Gasteiger partial charge in [-0.3, -0.25) is 0 Å². The van der Waals surface area contributed by atoms with Gasteiger partial charge in [-0.2, -0.15) is 0 Å². The smallest absolute Gasteiger partial charge is 0.0949 e. The van der Waals surface area contributed by atoms with Crippen molar-refractivity contribution in [3.63, 3.8) is 0 Å². The molecule has 0 bridgehead atoms. The molecule has 1 heterocycles. The number of nitrogens with zero attached hydrogens (tertiary/aromatic N) is 2. The zero-order valence-electron chi connectivity index (χ0n) is 12.9. The van der Waals surface area contributed by atoms with Crippen molar-refractivity contribution in [1.82, 2.24) is 14.9 Å². The Morgan fingerprint density at radius 2 is 2.11 bits per heavy atom. The Labute approximate surface area is 117 Å². The first kappa shape index (κ1) is 14.6. The van der Waals surface area contributed by atoms with E-state index in [1.807, 2.05) is 12.5 Å². The summed E-state index contributed by atoms with van der Waals surface area (Å²) in [5.74, 6) is 0.819. The van der Waals surface area contributed by atoms with Gasteiger partial charge in [0.2, 0.25) is 0 Å². The molecule has 0 aromatic carbocycles. The molecule has 1 aliphatic carbocycles. The van der Waals surface area contributed by atoms with Gasteiger partial charge in [0.15, 0.2) is 0 Å². The lowest BCUT2D eigenvalue weighted by atomic mass is 9.67. The summed E-state index contributed by atoms with van der Waals surface area (Å²) >= 11 is 0. The van der Waals surface area contributed by atoms with Crippen molar-refractivity contribution in [2.75, 3.05) is 6.54 Å². The number of nitrogens with one attached hydrogen (secondary N) is 1. The lowest BCUT2D eigenvalue weighted by Gasteiger charge is -2.43. The highest BCUT2D eigenvalue weighted by Gasteiger charge is 2.37. The first-order chi connectivity index (χ1) is 9.08. The number of likely N-dealkylation sites (N-methyl/N-ethyl adjacent to an activating group) is 1. The first-order valence-electron chi connectivity index (χ1n) is 7.79. The van der Waals surface area contributed by atoms with E-state index in [-0.39, 0.29) is 0 Å². The fraction of sp³-hybridized carbons (Fsp3) is 0.812. The maximum atomic E-state index is 4.23. The third kappa shape index (κ3) is 3.19. The van der Waals surface area contributed by atoms with Crippen LogP contribution >= 0.6 is 0 Å². The second-order valence-electron chi connectivity index (χ2n) is 6.59. The summed E-state index contributed by atoms with van der Waals surface area (Å²) in [6, 6.07) is 1.16. The zero-order valence-corrected chi connectivity index (χ0v) is 12.9. The zero-order chi connectivity index (χ0) is 13.9. The Morgan fingerprint density at radius 1 is 1.32 bits per heavy atom. The summed E-state index contributed by atoms with van der Waals surface area (Å²) in [6.45, 7) is 10.4. The summed E-state index contributed by atoms with van der Waals surface area (Å²) in [5.41, 5.74) is 0.454. The molecule has 0 radical (unpaired) electrons. The van der Waals surface area contributed by atoms with Crippen molar-refractivity contribution in [1.29, 1.82) is 0 Å². The van der Waals surface area contributed by atoms with Gasteiger partial charge in [0, 0.05) is 18.4 Å². The fourth-order valence-electron chi connectivity index (χ4n) is 3.44. The Morgan fingerprint density at radius 3 is 2.68 bits per heavy atom. The molecule has 1 aliphatic rings. The predicted molar refractivity (Wildman–Crippen MR) is 80.1 cm³/mol. The Hall–Kier alpha value is -0.830. The van der Waals surface area contributed by atoms with E-state index in [4.69, 9.17) is 0 Å². The molecule has 0 saturated heterocycles. The Balaban J connectivity index is 2.14. The largest absolute Gasteiger partial charge is 0.333 e. The van der Waals surface area contributed by atoms with Gasteiger partial charge >= 0.3 is 0 Å². The Kier molecular flexibility index (Phi) is 4.67. The van der Waals surface area contributed by atoms with Gasteiger partial charge in [0.1, 0.15) is 0 Å². The maximum Gasteiger partial charge on any atom is 0.0949 e. The van der Waals surface area contributed by atoms with Crippen LogP contribution in [0.4, 0.5) is 0 Å². The summed E-state index contributed by atoms with van der Waals surface area (Å²) in [7, 11) is 0. The van der Waals surface area contributed by atoms with E-state index in [0.29, 0.717) is 17.5 Å². The van der Waals surface area contributed by atoms with Crippen LogP contribution in [0.5, 0.6) is 0 Å². The second-order valence-corrected chi connectivity index (χ2v) is 6.59. The summed E-state index contributed by atoms with van der Waals surface area (Å²) in [4.78, 5) is 4.23. The molecule has 3 atom stereocenters. The van der Waals surface area contributed by atoms with Gasteiger partial charge in [-0.15, -0.1) is 0 Å². The molecule has 1 aromatic heterocycles. The number of imidazole rings is 1. The van der Waals surface area contributed by atoms with E-state index in [0.717, 1.165) is 12.5 Å². The average molecular weight is 263 g/mol. The summed E-state index contributed by atoms with van der Waals surface area (Å²) < 4.78 is 2.31. The van der Waals surface area contributed by atoms with Gasteiger partial charge in [-0.25, -0.2) is 4.98 Å². The number of hydrogen-bond acceptors (Lipinski definition) is 2. The predicted octanol–water partition coefficient (Wildman–Crippen LogP) is 3.64. The minimum Gasteiger partial charge on any atom is -0.333 e. The van der Waals surface area contributed by atoms with E-state index >= 15 is 0 Å². The van der Waals surface area contributed by atoms with Crippen LogP contribution in [-0.4, -0.2) is 22.1 Å². The molecule has 3 heteroatoms.